The number of anilines is 1. The van der Waals surface area contributed by atoms with E-state index in [-0.39, 0.29) is 22.3 Å². The molecular weight excluding hydrogens is 468 g/mol. The van der Waals surface area contributed by atoms with Crippen LogP contribution in [0.1, 0.15) is 44.0 Å². The minimum absolute atomic E-state index is 0.0568. The molecule has 10 heteroatoms. The van der Waals surface area contributed by atoms with Gasteiger partial charge in [-0.2, -0.15) is 4.31 Å². The second-order valence-corrected chi connectivity index (χ2v) is 9.43. The molecule has 0 aliphatic carbocycles. The molecule has 1 amide bonds. The smallest absolute Gasteiger partial charge is 0.338 e. The number of nitrogens with zero attached hydrogens (tertiary/aromatic N) is 1. The largest absolute Gasteiger partial charge is 0.482 e. The molecule has 0 radical (unpaired) electrons. The Morgan fingerprint density at radius 3 is 2.27 bits per heavy atom. The van der Waals surface area contributed by atoms with Crippen molar-refractivity contribution in [1.82, 2.24) is 4.31 Å². The van der Waals surface area contributed by atoms with Gasteiger partial charge >= 0.3 is 5.97 Å². The number of benzene rings is 2. The molecule has 0 heterocycles. The van der Waals surface area contributed by atoms with E-state index in [9.17, 15) is 18.0 Å². The van der Waals surface area contributed by atoms with E-state index >= 15 is 0 Å². The highest BCUT2D eigenvalue weighted by Gasteiger charge is 2.22. The number of ether oxygens (including phenoxy) is 2. The normalized spacial score (nSPS) is 11.3. The first kappa shape index (κ1) is 26.6. The minimum atomic E-state index is -3.65. The number of nitrogens with one attached hydrogen (secondary N) is 1. The van der Waals surface area contributed by atoms with Crippen LogP contribution in [0.25, 0.3) is 0 Å². The number of carbonyl (C=O) groups is 2. The van der Waals surface area contributed by atoms with Crippen molar-refractivity contribution >= 4 is 39.2 Å². The number of rotatable bonds is 12. The summed E-state index contributed by atoms with van der Waals surface area (Å²) in [4.78, 5) is 24.2. The summed E-state index contributed by atoms with van der Waals surface area (Å²) in [6.07, 6.45) is 1.74. The van der Waals surface area contributed by atoms with E-state index in [0.29, 0.717) is 30.9 Å². The topological polar surface area (TPSA) is 102 Å². The maximum absolute atomic E-state index is 12.6. The lowest BCUT2D eigenvalue weighted by Crippen LogP contribution is -2.30. The van der Waals surface area contributed by atoms with E-state index in [1.165, 1.54) is 22.5 Å². The first-order chi connectivity index (χ1) is 15.7. The maximum atomic E-state index is 12.6. The van der Waals surface area contributed by atoms with E-state index in [4.69, 9.17) is 21.1 Å². The van der Waals surface area contributed by atoms with E-state index in [2.05, 4.69) is 5.32 Å². The fourth-order valence-electron chi connectivity index (χ4n) is 2.89. The van der Waals surface area contributed by atoms with Crippen LogP contribution in [0.15, 0.2) is 47.4 Å². The van der Waals surface area contributed by atoms with Gasteiger partial charge in [0, 0.05) is 18.8 Å². The number of amides is 1. The molecule has 0 atom stereocenters. The van der Waals surface area contributed by atoms with Crippen molar-refractivity contribution in [2.24, 2.45) is 0 Å². The molecule has 0 spiro atoms. The van der Waals surface area contributed by atoms with Gasteiger partial charge < -0.3 is 14.8 Å². The first-order valence-electron chi connectivity index (χ1n) is 10.7. The predicted molar refractivity (Wildman–Crippen MR) is 127 cm³/mol. The van der Waals surface area contributed by atoms with Gasteiger partial charge in [0.15, 0.2) is 6.61 Å². The second kappa shape index (κ2) is 12.6. The van der Waals surface area contributed by atoms with Crippen LogP contribution in [0.3, 0.4) is 0 Å². The summed E-state index contributed by atoms with van der Waals surface area (Å²) in [5.41, 5.74) is 0.882. The average Bonchev–Trinajstić information content (AvgIpc) is 2.79. The van der Waals surface area contributed by atoms with Gasteiger partial charge in [-0.25, -0.2) is 13.2 Å². The van der Waals surface area contributed by atoms with Crippen LogP contribution in [0.5, 0.6) is 5.75 Å². The van der Waals surface area contributed by atoms with Gasteiger partial charge in [-0.15, -0.1) is 0 Å². The van der Waals surface area contributed by atoms with Crippen LogP contribution in [-0.4, -0.2) is 50.9 Å². The number of halogens is 1. The molecule has 0 unspecified atom stereocenters. The molecule has 0 fully saturated rings. The lowest BCUT2D eigenvalue weighted by atomic mass is 10.2. The van der Waals surface area contributed by atoms with Gasteiger partial charge in [-0.3, -0.25) is 4.79 Å². The van der Waals surface area contributed by atoms with Crippen molar-refractivity contribution < 1.29 is 27.5 Å². The lowest BCUT2D eigenvalue weighted by Gasteiger charge is -2.19. The van der Waals surface area contributed by atoms with Crippen molar-refractivity contribution in [3.63, 3.8) is 0 Å². The van der Waals surface area contributed by atoms with Gasteiger partial charge in [0.05, 0.1) is 22.1 Å². The monoisotopic (exact) mass is 496 g/mol. The molecule has 2 aromatic rings. The quantitative estimate of drug-likeness (QED) is 0.346. The van der Waals surface area contributed by atoms with Gasteiger partial charge in [0.2, 0.25) is 10.0 Å². The Kier molecular flexibility index (Phi) is 10.1. The molecule has 0 aromatic heterocycles. The number of carbonyl (C=O) groups excluding carboxylic acids is 2. The molecular formula is C23H29ClN2O6S. The first-order valence-corrected chi connectivity index (χ1v) is 12.5. The number of esters is 1. The van der Waals surface area contributed by atoms with E-state index in [0.717, 1.165) is 12.8 Å². The maximum Gasteiger partial charge on any atom is 0.338 e. The van der Waals surface area contributed by atoms with Gasteiger partial charge in [0.1, 0.15) is 5.75 Å². The Morgan fingerprint density at radius 2 is 1.70 bits per heavy atom. The predicted octanol–water partition coefficient (Wildman–Crippen LogP) is 4.34. The van der Waals surface area contributed by atoms with Crippen LogP contribution in [0.4, 0.5) is 5.69 Å². The van der Waals surface area contributed by atoms with E-state index < -0.39 is 21.9 Å². The Morgan fingerprint density at radius 1 is 1.03 bits per heavy atom. The summed E-state index contributed by atoms with van der Waals surface area (Å²) in [5, 5.41) is 2.74. The average molecular weight is 497 g/mol. The molecule has 2 aromatic carbocycles. The molecule has 0 aliphatic heterocycles. The number of hydrogen-bond donors (Lipinski definition) is 1. The number of sulfonamides is 1. The Balaban J connectivity index is 1.94. The highest BCUT2D eigenvalue weighted by atomic mass is 35.5. The fraction of sp³-hybridized carbons (Fsp3) is 0.391. The highest BCUT2D eigenvalue weighted by Crippen LogP contribution is 2.28. The third kappa shape index (κ3) is 7.45. The molecule has 2 rings (SSSR count). The van der Waals surface area contributed by atoms with E-state index in [1.807, 2.05) is 6.92 Å². The van der Waals surface area contributed by atoms with Crippen LogP contribution in [-0.2, 0) is 19.6 Å². The molecule has 0 bridgehead atoms. The zero-order chi connectivity index (χ0) is 24.4. The number of unbranched alkanes of at least 4 members (excludes halogenated alkanes) is 1. The highest BCUT2D eigenvalue weighted by molar-refractivity contribution is 7.89. The molecule has 0 aliphatic rings. The summed E-state index contributed by atoms with van der Waals surface area (Å²) in [6, 6.07) is 10.4. The summed E-state index contributed by atoms with van der Waals surface area (Å²) >= 11 is 6.18. The zero-order valence-corrected chi connectivity index (χ0v) is 20.5. The van der Waals surface area contributed by atoms with Gasteiger partial charge in [-0.05, 0) is 48.9 Å². The zero-order valence-electron chi connectivity index (χ0n) is 19.0. The molecule has 0 saturated heterocycles. The number of hydrogen-bond acceptors (Lipinski definition) is 6. The van der Waals surface area contributed by atoms with Crippen molar-refractivity contribution in [2.45, 2.75) is 38.5 Å². The van der Waals surface area contributed by atoms with Crippen molar-refractivity contribution in [3.8, 4) is 5.75 Å². The Hall–Kier alpha value is -2.62. The molecule has 1 N–H and O–H groups in total. The molecule has 0 saturated carbocycles. The van der Waals surface area contributed by atoms with Crippen LogP contribution >= 0.6 is 11.6 Å². The van der Waals surface area contributed by atoms with Crippen LogP contribution in [0, 0.1) is 0 Å². The van der Waals surface area contributed by atoms with Crippen molar-refractivity contribution in [2.75, 3.05) is 31.6 Å². The van der Waals surface area contributed by atoms with Crippen LogP contribution in [0.2, 0.25) is 5.02 Å². The standard InChI is InChI=1S/C23H29ClN2O6S/c1-4-7-14-31-23(28)17-8-10-18(11-9-17)25-22(27)16-32-21-13-12-19(15-20(21)24)33(29,30)26(5-2)6-3/h8-13,15H,4-7,14,16H2,1-3H3,(H,25,27). The van der Waals surface area contributed by atoms with Gasteiger partial charge in [0.25, 0.3) is 5.91 Å². The van der Waals surface area contributed by atoms with Crippen molar-refractivity contribution in [3.05, 3.63) is 53.1 Å². The van der Waals surface area contributed by atoms with E-state index in [1.54, 1.807) is 38.1 Å². The van der Waals surface area contributed by atoms with Crippen molar-refractivity contribution in [1.29, 1.82) is 0 Å². The fourth-order valence-corrected chi connectivity index (χ4v) is 4.68. The summed E-state index contributed by atoms with van der Waals surface area (Å²) in [5.74, 6) is -0.662. The van der Waals surface area contributed by atoms with Gasteiger partial charge in [-0.1, -0.05) is 38.8 Å². The second-order valence-electron chi connectivity index (χ2n) is 7.09. The molecule has 180 valence electrons. The Bertz CT molecular complexity index is 1050. The summed E-state index contributed by atoms with van der Waals surface area (Å²) < 4.78 is 37.1. The third-order valence-corrected chi connectivity index (χ3v) is 7.08. The summed E-state index contributed by atoms with van der Waals surface area (Å²) in [7, 11) is -3.65. The minimum Gasteiger partial charge on any atom is -0.482 e. The summed E-state index contributed by atoms with van der Waals surface area (Å²) in [6.45, 7) is 6.25. The van der Waals surface area contributed by atoms with Crippen LogP contribution < -0.4 is 10.1 Å². The lowest BCUT2D eigenvalue weighted by molar-refractivity contribution is -0.118. The SMILES string of the molecule is CCCCOC(=O)c1ccc(NC(=O)COc2ccc(S(=O)(=O)N(CC)CC)cc2Cl)cc1. The Labute approximate surface area is 199 Å². The third-order valence-electron chi connectivity index (χ3n) is 4.74. The molecule has 33 heavy (non-hydrogen) atoms. The molecule has 8 nitrogen and oxygen atoms in total.